The van der Waals surface area contributed by atoms with Crippen LogP contribution in [-0.2, 0) is 50.8 Å². The monoisotopic (exact) mass is 885 g/mol. The summed E-state index contributed by atoms with van der Waals surface area (Å²) in [4.78, 5) is 59.5. The van der Waals surface area contributed by atoms with Gasteiger partial charge in [-0.15, -0.1) is 0 Å². The van der Waals surface area contributed by atoms with Crippen molar-refractivity contribution in [3.8, 4) is 28.6 Å². The van der Waals surface area contributed by atoms with Gasteiger partial charge in [-0.05, 0) is 84.5 Å². The summed E-state index contributed by atoms with van der Waals surface area (Å²) in [6.07, 6.45) is 2.57. The number of ether oxygens (including phenoxy) is 3. The van der Waals surface area contributed by atoms with Crippen LogP contribution in [0, 0.1) is 5.41 Å². The van der Waals surface area contributed by atoms with Crippen molar-refractivity contribution in [2.24, 2.45) is 5.73 Å². The Morgan fingerprint density at radius 1 is 1.02 bits per heavy atom. The van der Waals surface area contributed by atoms with Crippen LogP contribution in [0.2, 0.25) is 0 Å². The van der Waals surface area contributed by atoms with Crippen molar-refractivity contribution in [3.63, 3.8) is 0 Å². The number of pyridine rings is 2. The molecule has 0 spiro atoms. The smallest absolute Gasteiger partial charge is 0.343 e. The van der Waals surface area contributed by atoms with E-state index in [9.17, 15) is 34.5 Å². The standard InChI is InChI=1S/C48H51N7O10/c1-6-30-32-19-29(9-10-37(32)51-43-34(30)23-54-39(43)21-36-35(45(54)59)24-65-46(60)48(36,62)7-2)64-25-42(58)52(5)14-16-63-17-15-53-13-12-27-18-28(8-11-38(27)53)55(47(50)61)44(49)33-20-31(26(3)4)40(56)22-41(33)57/h8-13,18-22,26,49,56-57,62H,6-7,14-17,23-25H2,1-5H3,(H2,50,61). The molecule has 5 heterocycles. The molecule has 17 heteroatoms. The molecule has 0 radical (unpaired) electrons. The first-order valence-corrected chi connectivity index (χ1v) is 21.5. The van der Waals surface area contributed by atoms with Gasteiger partial charge >= 0.3 is 12.0 Å². The molecule has 2 aliphatic heterocycles. The molecule has 2 aliphatic rings. The lowest BCUT2D eigenvalue weighted by molar-refractivity contribution is -0.172. The second-order valence-corrected chi connectivity index (χ2v) is 16.6. The number of nitrogens with one attached hydrogen (secondary N) is 1. The van der Waals surface area contributed by atoms with Gasteiger partial charge in [-0.25, -0.2) is 19.5 Å². The summed E-state index contributed by atoms with van der Waals surface area (Å²) in [5.41, 5.74) is 9.47. The number of hydrogen-bond acceptors (Lipinski definition) is 12. The number of aryl methyl sites for hydroxylation is 1. The molecule has 0 fully saturated rings. The highest BCUT2D eigenvalue weighted by molar-refractivity contribution is 6.22. The Hall–Kier alpha value is -7.24. The topological polar surface area (TPSA) is 236 Å². The molecule has 0 aliphatic carbocycles. The molecule has 17 nitrogen and oxygen atoms in total. The van der Waals surface area contributed by atoms with Gasteiger partial charge in [0.15, 0.2) is 12.2 Å². The highest BCUT2D eigenvalue weighted by atomic mass is 16.6. The minimum atomic E-state index is -1.91. The fourth-order valence-corrected chi connectivity index (χ4v) is 8.74. The number of nitrogens with zero attached hydrogens (tertiary/aromatic N) is 5. The average molecular weight is 886 g/mol. The molecule has 1 unspecified atom stereocenters. The molecule has 6 aromatic rings. The first kappa shape index (κ1) is 44.4. The van der Waals surface area contributed by atoms with Crippen molar-refractivity contribution in [2.45, 2.75) is 71.8 Å². The summed E-state index contributed by atoms with van der Waals surface area (Å²) in [6.45, 7) is 8.76. The van der Waals surface area contributed by atoms with Crippen LogP contribution in [0.5, 0.6) is 17.2 Å². The molecular formula is C48H51N7O10. The van der Waals surface area contributed by atoms with Crippen molar-refractivity contribution in [3.05, 3.63) is 111 Å². The molecule has 8 rings (SSSR count). The Morgan fingerprint density at radius 2 is 1.80 bits per heavy atom. The number of aromatic nitrogens is 3. The fourth-order valence-electron chi connectivity index (χ4n) is 8.74. The Kier molecular flexibility index (Phi) is 11.9. The van der Waals surface area contributed by atoms with E-state index in [1.165, 1.54) is 11.0 Å². The number of aromatic hydroxyl groups is 2. The number of carbonyl (C=O) groups excluding carboxylic acids is 3. The number of anilines is 1. The third-order valence-electron chi connectivity index (χ3n) is 12.4. The van der Waals surface area contributed by atoms with Gasteiger partial charge in [0, 0.05) is 59.8 Å². The lowest BCUT2D eigenvalue weighted by atomic mass is 9.86. The van der Waals surface area contributed by atoms with Gasteiger partial charge in [-0.3, -0.25) is 15.0 Å². The first-order valence-electron chi connectivity index (χ1n) is 21.5. The van der Waals surface area contributed by atoms with Gasteiger partial charge in [-0.2, -0.15) is 0 Å². The minimum Gasteiger partial charge on any atom is -0.508 e. The number of fused-ring (bicyclic) bond motifs is 6. The van der Waals surface area contributed by atoms with E-state index in [1.807, 2.05) is 49.7 Å². The SMILES string of the molecule is CCc1c2c(nc3ccc(OCC(=O)N(C)CCOCCn4ccc5cc(N(C(=N)c6cc(C(C)C)c(O)cc6O)C(N)=O)ccc54)cc13)-c1cc3c(c(=O)n1C2)COC(=O)C3(O)CC. The maximum Gasteiger partial charge on any atom is 0.343 e. The van der Waals surface area contributed by atoms with Crippen LogP contribution in [-0.4, -0.2) is 91.5 Å². The normalized spacial score (nSPS) is 15.2. The second-order valence-electron chi connectivity index (χ2n) is 16.6. The number of aliphatic hydroxyl groups is 1. The van der Waals surface area contributed by atoms with E-state index in [0.717, 1.165) is 38.4 Å². The Morgan fingerprint density at radius 3 is 2.52 bits per heavy atom. The predicted molar refractivity (Wildman–Crippen MR) is 243 cm³/mol. The molecule has 65 heavy (non-hydrogen) atoms. The van der Waals surface area contributed by atoms with Crippen molar-refractivity contribution in [1.82, 2.24) is 19.0 Å². The van der Waals surface area contributed by atoms with Gasteiger partial charge in [0.1, 0.15) is 29.7 Å². The number of carbonyl (C=O) groups is 3. The molecule has 1 atom stereocenters. The van der Waals surface area contributed by atoms with E-state index < -0.39 is 17.6 Å². The van der Waals surface area contributed by atoms with E-state index in [0.29, 0.717) is 60.0 Å². The average Bonchev–Trinajstić information content (AvgIpc) is 3.86. The van der Waals surface area contributed by atoms with Gasteiger partial charge in [0.25, 0.3) is 11.5 Å². The van der Waals surface area contributed by atoms with Crippen molar-refractivity contribution < 1.29 is 43.9 Å². The number of primary amides is 1. The molecule has 3 aromatic carbocycles. The zero-order chi connectivity index (χ0) is 46.5. The lowest BCUT2D eigenvalue weighted by Gasteiger charge is -2.31. The molecule has 3 aromatic heterocycles. The number of cyclic esters (lactones) is 1. The Labute approximate surface area is 373 Å². The van der Waals surface area contributed by atoms with Crippen LogP contribution in [0.4, 0.5) is 10.5 Å². The number of nitrogens with two attached hydrogens (primary N) is 1. The number of amidine groups is 1. The summed E-state index contributed by atoms with van der Waals surface area (Å²) in [7, 11) is 1.68. The number of rotatable bonds is 14. The van der Waals surface area contributed by atoms with Gasteiger partial charge in [0.05, 0.1) is 53.5 Å². The van der Waals surface area contributed by atoms with E-state index in [1.54, 1.807) is 48.9 Å². The number of esters is 1. The number of urea groups is 1. The van der Waals surface area contributed by atoms with Crippen LogP contribution >= 0.6 is 0 Å². The molecule has 3 amide bonds. The zero-order valence-electron chi connectivity index (χ0n) is 36.8. The van der Waals surface area contributed by atoms with Gasteiger partial charge in [-0.1, -0.05) is 27.7 Å². The first-order chi connectivity index (χ1) is 31.1. The van der Waals surface area contributed by atoms with Crippen molar-refractivity contribution in [2.75, 3.05) is 38.3 Å². The number of phenols is 2. The highest BCUT2D eigenvalue weighted by Gasteiger charge is 2.45. The molecule has 0 saturated carbocycles. The molecule has 338 valence electrons. The summed E-state index contributed by atoms with van der Waals surface area (Å²) in [5, 5.41) is 42.5. The minimum absolute atomic E-state index is 0.0514. The van der Waals surface area contributed by atoms with Gasteiger partial charge < -0.3 is 49.3 Å². The Balaban J connectivity index is 0.861. The summed E-state index contributed by atoms with van der Waals surface area (Å²) >= 11 is 0. The third-order valence-corrected chi connectivity index (χ3v) is 12.4. The predicted octanol–water partition coefficient (Wildman–Crippen LogP) is 5.60. The lowest BCUT2D eigenvalue weighted by Crippen LogP contribution is -2.44. The summed E-state index contributed by atoms with van der Waals surface area (Å²) in [5.74, 6) is -1.42. The van der Waals surface area contributed by atoms with Crippen molar-refractivity contribution in [1.29, 1.82) is 5.41 Å². The molecular weight excluding hydrogens is 835 g/mol. The van der Waals surface area contributed by atoms with E-state index >= 15 is 0 Å². The number of phenolic OH excluding ortho intramolecular Hbond substituents is 2. The van der Waals surface area contributed by atoms with E-state index in [-0.39, 0.29) is 84.2 Å². The zero-order valence-corrected chi connectivity index (χ0v) is 36.8. The maximum absolute atomic E-state index is 13.7. The van der Waals surface area contributed by atoms with Crippen LogP contribution < -0.4 is 20.9 Å². The number of hydrogen-bond donors (Lipinski definition) is 5. The second kappa shape index (κ2) is 17.4. The van der Waals surface area contributed by atoms with Crippen LogP contribution in [0.3, 0.4) is 0 Å². The maximum atomic E-state index is 13.7. The van der Waals surface area contributed by atoms with Gasteiger partial charge in [0.2, 0.25) is 0 Å². The van der Waals surface area contributed by atoms with Crippen LogP contribution in [0.15, 0.2) is 71.7 Å². The summed E-state index contributed by atoms with van der Waals surface area (Å²) < 4.78 is 20.7. The largest absolute Gasteiger partial charge is 0.508 e. The fraction of sp³-hybridized carbons (Fsp3) is 0.333. The molecule has 0 saturated heterocycles. The number of benzene rings is 3. The van der Waals surface area contributed by atoms with Crippen molar-refractivity contribution >= 4 is 51.2 Å². The number of amides is 3. The third kappa shape index (κ3) is 7.90. The van der Waals surface area contributed by atoms with E-state index in [2.05, 4.69) is 0 Å². The van der Waals surface area contributed by atoms with Crippen LogP contribution in [0.25, 0.3) is 33.2 Å². The quantitative estimate of drug-likeness (QED) is 0.0390. The van der Waals surface area contributed by atoms with E-state index in [4.69, 9.17) is 30.3 Å². The number of likely N-dealkylation sites (N-methyl/N-ethyl adjacent to an activating group) is 1. The highest BCUT2D eigenvalue weighted by Crippen LogP contribution is 2.41. The Bertz CT molecular complexity index is 2990. The molecule has 0 bridgehead atoms. The van der Waals surface area contributed by atoms with Crippen LogP contribution in [0.1, 0.15) is 73.4 Å². The molecule has 6 N–H and O–H groups in total. The summed E-state index contributed by atoms with van der Waals surface area (Å²) in [6, 6.07) is 15.9.